The maximum absolute atomic E-state index is 13.1. The van der Waals surface area contributed by atoms with Gasteiger partial charge in [-0.2, -0.15) is 0 Å². The van der Waals surface area contributed by atoms with Gasteiger partial charge in [-0.25, -0.2) is 9.37 Å². The van der Waals surface area contributed by atoms with Crippen LogP contribution in [0.15, 0.2) is 35.1 Å². The highest BCUT2D eigenvalue weighted by Gasteiger charge is 2.31. The van der Waals surface area contributed by atoms with Gasteiger partial charge in [-0.05, 0) is 31.2 Å². The summed E-state index contributed by atoms with van der Waals surface area (Å²) in [5.41, 5.74) is 0. The third kappa shape index (κ3) is 2.78. The summed E-state index contributed by atoms with van der Waals surface area (Å²) in [5, 5.41) is 3.52. The average Bonchev–Trinajstić information content (AvgIpc) is 3.11. The summed E-state index contributed by atoms with van der Waals surface area (Å²) in [6, 6.07) is 4.08. The Kier molecular flexibility index (Phi) is 3.89. The maximum Gasteiger partial charge on any atom is 0.235 e. The Morgan fingerprint density at radius 1 is 1.50 bits per heavy atom. The molecule has 0 aliphatic carbocycles. The van der Waals surface area contributed by atoms with Crippen molar-refractivity contribution >= 4 is 11.6 Å². The number of oxazole rings is 1. The minimum absolute atomic E-state index is 0.243. The average molecular weight is 297 g/mol. The van der Waals surface area contributed by atoms with Crippen LogP contribution >= 0.6 is 11.6 Å². The molecular weight excluding hydrogens is 283 g/mol. The Hall–Kier alpha value is -1.59. The van der Waals surface area contributed by atoms with Gasteiger partial charge in [0.15, 0.2) is 6.10 Å². The second kappa shape index (κ2) is 5.81. The predicted octanol–water partition coefficient (Wildman–Crippen LogP) is 3.20. The largest absolute Gasteiger partial charge is 0.479 e. The molecule has 6 heteroatoms. The molecule has 0 bridgehead atoms. The molecule has 106 valence electrons. The molecule has 2 atom stereocenters. The van der Waals surface area contributed by atoms with Gasteiger partial charge in [0.2, 0.25) is 5.89 Å². The van der Waals surface area contributed by atoms with E-state index in [0.29, 0.717) is 11.6 Å². The summed E-state index contributed by atoms with van der Waals surface area (Å²) < 4.78 is 24.4. The van der Waals surface area contributed by atoms with Gasteiger partial charge >= 0.3 is 0 Å². The van der Waals surface area contributed by atoms with E-state index in [9.17, 15) is 4.39 Å². The van der Waals surface area contributed by atoms with E-state index in [-0.39, 0.29) is 17.0 Å². The molecule has 1 fully saturated rings. The molecule has 4 nitrogen and oxygen atoms in total. The number of aromatic nitrogens is 1. The summed E-state index contributed by atoms with van der Waals surface area (Å²) in [6.45, 7) is 1.76. The highest BCUT2D eigenvalue weighted by Crippen LogP contribution is 2.34. The van der Waals surface area contributed by atoms with Crippen molar-refractivity contribution in [3.05, 3.63) is 47.4 Å². The van der Waals surface area contributed by atoms with Crippen molar-refractivity contribution in [1.82, 2.24) is 10.3 Å². The molecule has 1 unspecified atom stereocenters. The molecule has 0 saturated carbocycles. The molecule has 1 aliphatic rings. The van der Waals surface area contributed by atoms with Gasteiger partial charge in [-0.15, -0.1) is 0 Å². The fourth-order valence-corrected chi connectivity index (χ4v) is 2.58. The third-order valence-corrected chi connectivity index (χ3v) is 3.66. The Balaban J connectivity index is 1.86. The second-order valence-electron chi connectivity index (χ2n) is 4.74. The van der Waals surface area contributed by atoms with Crippen LogP contribution in [0.1, 0.15) is 18.4 Å². The second-order valence-corrected chi connectivity index (χ2v) is 5.14. The molecule has 0 amide bonds. The van der Waals surface area contributed by atoms with Gasteiger partial charge in [0.05, 0.1) is 11.2 Å². The maximum atomic E-state index is 13.1. The summed E-state index contributed by atoms with van der Waals surface area (Å²) in [6.07, 6.45) is 3.73. The number of hydrogen-bond donors (Lipinski definition) is 1. The minimum Gasteiger partial charge on any atom is -0.479 e. The number of nitrogens with zero attached hydrogens (tertiary/aromatic N) is 1. The molecule has 0 spiro atoms. The predicted molar refractivity (Wildman–Crippen MR) is 72.3 cm³/mol. The SMILES string of the molecule is Fc1ccc(O[C@H](c2ncco2)C2CCNC2)c(Cl)c1. The molecule has 20 heavy (non-hydrogen) atoms. The van der Waals surface area contributed by atoms with Crippen LogP contribution in [0.2, 0.25) is 5.02 Å². The molecule has 1 aromatic carbocycles. The fourth-order valence-electron chi connectivity index (χ4n) is 2.37. The standard InChI is InChI=1S/C14H14ClFN2O2/c15-11-7-10(16)1-2-12(11)20-13(9-3-4-17-8-9)14-18-5-6-19-14/h1-2,5-7,9,13,17H,3-4,8H2/t9?,13-/m0/s1. The van der Waals surface area contributed by atoms with Crippen molar-refractivity contribution in [3.8, 4) is 5.75 Å². The van der Waals surface area contributed by atoms with Crippen molar-refractivity contribution in [1.29, 1.82) is 0 Å². The number of ether oxygens (including phenoxy) is 1. The van der Waals surface area contributed by atoms with E-state index in [0.717, 1.165) is 19.5 Å². The lowest BCUT2D eigenvalue weighted by atomic mass is 10.0. The molecular formula is C14H14ClFN2O2. The van der Waals surface area contributed by atoms with E-state index in [2.05, 4.69) is 10.3 Å². The van der Waals surface area contributed by atoms with Crippen LogP contribution in [-0.4, -0.2) is 18.1 Å². The zero-order valence-electron chi connectivity index (χ0n) is 10.7. The van der Waals surface area contributed by atoms with Crippen LogP contribution in [0.3, 0.4) is 0 Å². The number of nitrogens with one attached hydrogen (secondary N) is 1. The van der Waals surface area contributed by atoms with E-state index in [1.165, 1.54) is 24.5 Å². The third-order valence-electron chi connectivity index (χ3n) is 3.37. The van der Waals surface area contributed by atoms with E-state index < -0.39 is 5.82 Å². The Bertz CT molecular complexity index is 571. The molecule has 2 aromatic rings. The van der Waals surface area contributed by atoms with Gasteiger partial charge in [0.25, 0.3) is 0 Å². The Morgan fingerprint density at radius 3 is 3.05 bits per heavy atom. The van der Waals surface area contributed by atoms with E-state index in [1.54, 1.807) is 6.20 Å². The molecule has 0 radical (unpaired) electrons. The van der Waals surface area contributed by atoms with Crippen molar-refractivity contribution in [2.24, 2.45) is 5.92 Å². The van der Waals surface area contributed by atoms with Gasteiger partial charge in [0.1, 0.15) is 17.8 Å². The van der Waals surface area contributed by atoms with Crippen LogP contribution in [-0.2, 0) is 0 Å². The van der Waals surface area contributed by atoms with Gasteiger partial charge in [-0.3, -0.25) is 0 Å². The molecule has 2 heterocycles. The van der Waals surface area contributed by atoms with Crippen LogP contribution in [0, 0.1) is 11.7 Å². The van der Waals surface area contributed by atoms with Crippen LogP contribution in [0.4, 0.5) is 4.39 Å². The number of rotatable bonds is 4. The first-order valence-corrected chi connectivity index (χ1v) is 6.83. The van der Waals surface area contributed by atoms with Crippen molar-refractivity contribution < 1.29 is 13.5 Å². The van der Waals surface area contributed by atoms with Crippen molar-refractivity contribution in [2.45, 2.75) is 12.5 Å². The molecule has 1 aliphatic heterocycles. The molecule has 3 rings (SSSR count). The normalized spacial score (nSPS) is 20.0. The molecule has 1 N–H and O–H groups in total. The number of hydrogen-bond acceptors (Lipinski definition) is 4. The topological polar surface area (TPSA) is 47.3 Å². The molecule has 1 aromatic heterocycles. The van der Waals surface area contributed by atoms with Crippen molar-refractivity contribution in [3.63, 3.8) is 0 Å². The van der Waals surface area contributed by atoms with Crippen LogP contribution < -0.4 is 10.1 Å². The van der Waals surface area contributed by atoms with Gasteiger partial charge in [0, 0.05) is 12.5 Å². The lowest BCUT2D eigenvalue weighted by molar-refractivity contribution is 0.114. The lowest BCUT2D eigenvalue weighted by Crippen LogP contribution is -2.21. The molecule has 1 saturated heterocycles. The highest BCUT2D eigenvalue weighted by atomic mass is 35.5. The van der Waals surface area contributed by atoms with Gasteiger partial charge in [-0.1, -0.05) is 11.6 Å². The number of benzene rings is 1. The van der Waals surface area contributed by atoms with E-state index >= 15 is 0 Å². The zero-order valence-corrected chi connectivity index (χ0v) is 11.4. The van der Waals surface area contributed by atoms with Crippen LogP contribution in [0.5, 0.6) is 5.75 Å². The first-order chi connectivity index (χ1) is 9.74. The van der Waals surface area contributed by atoms with E-state index in [4.69, 9.17) is 20.8 Å². The summed E-state index contributed by atoms with van der Waals surface area (Å²) >= 11 is 6.01. The van der Waals surface area contributed by atoms with E-state index in [1.807, 2.05) is 0 Å². The highest BCUT2D eigenvalue weighted by molar-refractivity contribution is 6.32. The summed E-state index contributed by atoms with van der Waals surface area (Å²) in [5.74, 6) is 0.801. The Labute approximate surface area is 120 Å². The first kappa shape index (κ1) is 13.4. The summed E-state index contributed by atoms with van der Waals surface area (Å²) in [4.78, 5) is 4.17. The lowest BCUT2D eigenvalue weighted by Gasteiger charge is -2.22. The zero-order chi connectivity index (χ0) is 13.9. The van der Waals surface area contributed by atoms with Crippen LogP contribution in [0.25, 0.3) is 0 Å². The smallest absolute Gasteiger partial charge is 0.235 e. The van der Waals surface area contributed by atoms with Gasteiger partial charge < -0.3 is 14.5 Å². The Morgan fingerprint density at radius 2 is 2.40 bits per heavy atom. The monoisotopic (exact) mass is 296 g/mol. The first-order valence-electron chi connectivity index (χ1n) is 6.46. The quantitative estimate of drug-likeness (QED) is 0.941. The fraction of sp³-hybridized carbons (Fsp3) is 0.357. The summed E-state index contributed by atoms with van der Waals surface area (Å²) in [7, 11) is 0. The number of halogens is 2. The van der Waals surface area contributed by atoms with Crippen molar-refractivity contribution in [2.75, 3.05) is 13.1 Å². The minimum atomic E-state index is -0.391.